The number of aryl methyl sites for hydroxylation is 1. The van der Waals surface area contributed by atoms with Crippen LogP contribution in [0.1, 0.15) is 92.6 Å². The van der Waals surface area contributed by atoms with E-state index in [9.17, 15) is 33.6 Å². The number of rotatable bonds is 30. The highest BCUT2D eigenvalue weighted by molar-refractivity contribution is 8.00. The Hall–Kier alpha value is -6.62. The van der Waals surface area contributed by atoms with Gasteiger partial charge in [-0.15, -0.1) is 0 Å². The third-order valence-electron chi connectivity index (χ3n) is 17.6. The number of amides is 8. The van der Waals surface area contributed by atoms with E-state index in [0.29, 0.717) is 41.6 Å². The number of unbranched alkanes of at least 4 members (excludes halogenated alkanes) is 5. The van der Waals surface area contributed by atoms with Crippen molar-refractivity contribution in [2.24, 2.45) is 23.7 Å². The number of fused-ring (bicyclic) bond motifs is 3. The normalized spacial score (nSPS) is 27.3. The number of likely N-dealkylation sites (tertiary alicyclic amines) is 2. The lowest BCUT2D eigenvalue weighted by molar-refractivity contribution is -0.145. The van der Waals surface area contributed by atoms with E-state index in [2.05, 4.69) is 30.8 Å². The van der Waals surface area contributed by atoms with E-state index in [1.807, 2.05) is 97.3 Å². The topological polar surface area (TPSA) is 231 Å². The van der Waals surface area contributed by atoms with Gasteiger partial charge in [0.25, 0.3) is 5.91 Å². The molecule has 20 nitrogen and oxygen atoms in total. The molecule has 1 aromatic carbocycles. The van der Waals surface area contributed by atoms with Crippen molar-refractivity contribution in [1.29, 1.82) is 0 Å². The summed E-state index contributed by atoms with van der Waals surface area (Å²) in [5, 5.41) is 9.32. The van der Waals surface area contributed by atoms with Crippen LogP contribution in [-0.2, 0) is 42.9 Å². The summed E-state index contributed by atoms with van der Waals surface area (Å²) in [6.45, 7) is 9.59. The Labute approximate surface area is 508 Å². The molecule has 11 unspecified atom stereocenters. The van der Waals surface area contributed by atoms with Gasteiger partial charge in [0, 0.05) is 74.6 Å². The van der Waals surface area contributed by atoms with Gasteiger partial charge in [0.2, 0.25) is 29.5 Å². The highest BCUT2D eigenvalue weighted by Gasteiger charge is 2.60. The summed E-state index contributed by atoms with van der Waals surface area (Å²) >= 11 is 1.91. The van der Waals surface area contributed by atoms with Gasteiger partial charge in [-0.2, -0.15) is 11.8 Å². The molecule has 86 heavy (non-hydrogen) atoms. The first-order valence-electron chi connectivity index (χ1n) is 31.1. The van der Waals surface area contributed by atoms with E-state index in [1.165, 1.54) is 9.80 Å². The molecule has 2 aromatic heterocycles. The van der Waals surface area contributed by atoms with Crippen LogP contribution in [-0.4, -0.2) is 197 Å². The van der Waals surface area contributed by atoms with Crippen molar-refractivity contribution >= 4 is 59.3 Å². The van der Waals surface area contributed by atoms with Crippen LogP contribution in [0.2, 0.25) is 0 Å². The first-order valence-corrected chi connectivity index (χ1v) is 32.1. The zero-order valence-electron chi connectivity index (χ0n) is 49.5. The molecular weight excluding hydrogens is 1110 g/mol. The summed E-state index contributed by atoms with van der Waals surface area (Å²) in [5.41, 5.74) is 3.72. The van der Waals surface area contributed by atoms with Crippen LogP contribution >= 0.6 is 11.8 Å². The van der Waals surface area contributed by atoms with Crippen molar-refractivity contribution < 1.29 is 52.5 Å². The second-order valence-corrected chi connectivity index (χ2v) is 24.7. The molecule has 21 heteroatoms. The van der Waals surface area contributed by atoms with E-state index in [0.717, 1.165) is 101 Å². The van der Waals surface area contributed by atoms with Crippen molar-refractivity contribution in [2.45, 2.75) is 120 Å². The van der Waals surface area contributed by atoms with E-state index in [4.69, 9.17) is 18.9 Å². The predicted octanol–water partition coefficient (Wildman–Crippen LogP) is 6.01. The Morgan fingerprint density at radius 2 is 1.34 bits per heavy atom. The Morgan fingerprint density at radius 3 is 2.03 bits per heavy atom. The van der Waals surface area contributed by atoms with Crippen LogP contribution in [0.4, 0.5) is 4.79 Å². The first kappa shape index (κ1) is 62.4. The molecule has 0 spiro atoms. The number of nitrogens with zero attached hydrogens (tertiary/aromatic N) is 6. The summed E-state index contributed by atoms with van der Waals surface area (Å²) in [5.74, 6) is -3.33. The molecule has 3 aromatic rings. The highest BCUT2D eigenvalue weighted by Crippen LogP contribution is 2.45. The maximum atomic E-state index is 14.4. The smallest absolute Gasteiger partial charge is 0.315 e. The van der Waals surface area contributed by atoms with Gasteiger partial charge >= 0.3 is 6.03 Å². The summed E-state index contributed by atoms with van der Waals surface area (Å²) < 4.78 is 24.7. The van der Waals surface area contributed by atoms with Crippen molar-refractivity contribution in [3.05, 3.63) is 114 Å². The molecule has 7 aliphatic heterocycles. The molecule has 8 amide bonds. The number of carbonyl (C=O) groups is 7. The van der Waals surface area contributed by atoms with Crippen LogP contribution in [0.25, 0.3) is 17.5 Å². The fourth-order valence-electron chi connectivity index (χ4n) is 12.9. The Morgan fingerprint density at radius 1 is 0.686 bits per heavy atom. The minimum Gasteiger partial charge on any atom is -0.377 e. The molecular formula is C65H83N9O11S. The Bertz CT molecular complexity index is 2960. The van der Waals surface area contributed by atoms with Crippen LogP contribution in [0.3, 0.4) is 0 Å². The van der Waals surface area contributed by atoms with E-state index in [1.54, 1.807) is 36.7 Å². The molecule has 460 valence electrons. The Balaban J connectivity index is 0.692. The summed E-state index contributed by atoms with van der Waals surface area (Å²) in [4.78, 5) is 110. The van der Waals surface area contributed by atoms with Crippen molar-refractivity contribution in [3.8, 4) is 11.4 Å². The molecule has 9 heterocycles. The summed E-state index contributed by atoms with van der Waals surface area (Å²) in [6.07, 6.45) is 20.3. The first-order chi connectivity index (χ1) is 41.9. The number of urea groups is 1. The molecule has 10 rings (SSSR count). The molecule has 0 bridgehead atoms. The maximum Gasteiger partial charge on any atom is 0.315 e. The number of piperazine rings is 1. The lowest BCUT2D eigenvalue weighted by Gasteiger charge is -2.34. The zero-order valence-corrected chi connectivity index (χ0v) is 50.3. The number of hydrogen-bond acceptors (Lipinski definition) is 15. The molecule has 11 atom stereocenters. The number of pyridine rings is 2. The van der Waals surface area contributed by atoms with Crippen LogP contribution in [0, 0.1) is 30.6 Å². The average Bonchev–Trinajstić information content (AvgIpc) is 1.92. The second kappa shape index (κ2) is 30.3. The standard InChI is InChI=1S/C65H83N9O11S/c1-3-4-30-73-61(77)56-50(21-20-44-15-9-8-10-16-44)85-52(58(56)62(73)78)23-22-51-57-55(63(79)74(64(57)80)35-37-83-39-38-82-36-28-68-60(76)45-25-27-67-47(41-45)46-40-43(2)24-26-66-46)49(84-51)17-11-6-5-7-14-29-71-31-33-72(34-32-71)54(75)19-13-12-18-53-59-48(42-86-53)69-65(81)70-59/h8-11,15-17,20-27,40-41,48-53,55-59H,3-7,12-14,18-19,28-39,42H2,1-2H3,(H,68,76)(H2,69,70,81)/b17-11+,21-20-,23-22-. The monoisotopic (exact) mass is 1200 g/mol. The van der Waals surface area contributed by atoms with Crippen molar-refractivity contribution in [3.63, 3.8) is 0 Å². The molecule has 7 saturated heterocycles. The molecule has 3 N–H and O–H groups in total. The van der Waals surface area contributed by atoms with Gasteiger partial charge in [0.15, 0.2) is 0 Å². The van der Waals surface area contributed by atoms with Gasteiger partial charge in [-0.25, -0.2) is 4.79 Å². The van der Waals surface area contributed by atoms with Gasteiger partial charge in [-0.05, 0) is 87.4 Å². The summed E-state index contributed by atoms with van der Waals surface area (Å²) in [6, 6.07) is 17.2. The van der Waals surface area contributed by atoms with Crippen LogP contribution < -0.4 is 16.0 Å². The number of nitrogens with one attached hydrogen (secondary N) is 3. The number of allylic oxidation sites excluding steroid dienone is 1. The maximum absolute atomic E-state index is 14.4. The van der Waals surface area contributed by atoms with Crippen LogP contribution in [0.5, 0.6) is 0 Å². The molecule has 7 fully saturated rings. The van der Waals surface area contributed by atoms with Crippen molar-refractivity contribution in [1.82, 2.24) is 45.5 Å². The quantitative estimate of drug-likeness (QED) is 0.0301. The number of benzene rings is 1. The second-order valence-electron chi connectivity index (χ2n) is 23.4. The van der Waals surface area contributed by atoms with E-state index >= 15 is 0 Å². The molecule has 7 aliphatic rings. The average molecular weight is 1200 g/mol. The predicted molar refractivity (Wildman–Crippen MR) is 325 cm³/mol. The number of thioether (sulfide) groups is 1. The van der Waals surface area contributed by atoms with Gasteiger partial charge < -0.3 is 39.8 Å². The number of hydrogen-bond donors (Lipinski definition) is 3. The zero-order chi connectivity index (χ0) is 59.9. The van der Waals surface area contributed by atoms with Gasteiger partial charge in [0.05, 0.1) is 105 Å². The van der Waals surface area contributed by atoms with Crippen molar-refractivity contribution in [2.75, 3.05) is 84.5 Å². The number of aromatic nitrogens is 2. The summed E-state index contributed by atoms with van der Waals surface area (Å²) in [7, 11) is 0. The fourth-order valence-corrected chi connectivity index (χ4v) is 14.4. The molecule has 0 saturated carbocycles. The third-order valence-corrected chi connectivity index (χ3v) is 19.1. The van der Waals surface area contributed by atoms with Crippen LogP contribution in [0.15, 0.2) is 97.4 Å². The minimum atomic E-state index is -0.821. The lowest BCUT2D eigenvalue weighted by Crippen LogP contribution is -2.48. The third kappa shape index (κ3) is 15.4. The largest absolute Gasteiger partial charge is 0.377 e. The molecule has 0 aliphatic carbocycles. The molecule has 0 radical (unpaired) electrons. The van der Waals surface area contributed by atoms with E-state index < -0.39 is 48.1 Å². The number of imide groups is 2. The number of carbonyl (C=O) groups excluding carboxylic acids is 7. The number of ether oxygens (including phenoxy) is 4. The van der Waals surface area contributed by atoms with Gasteiger partial charge in [0.1, 0.15) is 0 Å². The van der Waals surface area contributed by atoms with Gasteiger partial charge in [-0.1, -0.05) is 93.0 Å². The fraction of sp³-hybridized carbons (Fsp3) is 0.554. The Kier molecular flexibility index (Phi) is 22.0. The van der Waals surface area contributed by atoms with Gasteiger partial charge in [-0.3, -0.25) is 53.4 Å². The lowest BCUT2D eigenvalue weighted by atomic mass is 9.87. The highest BCUT2D eigenvalue weighted by atomic mass is 32.2. The van der Waals surface area contributed by atoms with E-state index in [-0.39, 0.29) is 93.1 Å². The SMILES string of the molecule is CCCCN1C(=O)C2C(/C=C\c3ccccc3)OC(/C=C\C3OC(/C=C/CCCCCN4CCN(C(=O)CCCCC5SCC6NC(=O)NC65)CC4)C4C(=O)N(CCOCCOCCNC(=O)c5ccnc(-c6cc(C)ccn6)c5)C(=O)C34)C2C1=O. The minimum absolute atomic E-state index is 0.0442.